The molecule has 0 saturated heterocycles. The highest BCUT2D eigenvalue weighted by Gasteiger charge is 2.27. The molecule has 2 rings (SSSR count). The molecular formula is C27H38BrN3O4S. The lowest BCUT2D eigenvalue weighted by atomic mass is 10.1. The Balaban J connectivity index is 2.18. The van der Waals surface area contributed by atoms with E-state index in [1.54, 1.807) is 11.8 Å². The number of rotatable bonds is 12. The smallest absolute Gasteiger partial charge is 0.242 e. The van der Waals surface area contributed by atoms with Gasteiger partial charge in [-0.2, -0.15) is 0 Å². The van der Waals surface area contributed by atoms with Crippen LogP contribution in [0.3, 0.4) is 0 Å². The summed E-state index contributed by atoms with van der Waals surface area (Å²) >= 11 is 3.42. The van der Waals surface area contributed by atoms with Crippen LogP contribution in [0.15, 0.2) is 46.9 Å². The van der Waals surface area contributed by atoms with Gasteiger partial charge in [0, 0.05) is 30.5 Å². The Morgan fingerprint density at radius 2 is 1.67 bits per heavy atom. The largest absolute Gasteiger partial charge is 0.354 e. The van der Waals surface area contributed by atoms with E-state index in [1.807, 2.05) is 70.2 Å². The third kappa shape index (κ3) is 8.92. The van der Waals surface area contributed by atoms with Crippen molar-refractivity contribution in [2.75, 3.05) is 23.7 Å². The summed E-state index contributed by atoms with van der Waals surface area (Å²) in [5, 5.41) is 2.91. The first kappa shape index (κ1) is 29.8. The molecule has 1 atom stereocenters. The van der Waals surface area contributed by atoms with Crippen LogP contribution >= 0.6 is 15.9 Å². The molecule has 9 heteroatoms. The first-order valence-electron chi connectivity index (χ1n) is 12.2. The fourth-order valence-corrected chi connectivity index (χ4v) is 5.07. The number of nitrogens with one attached hydrogen (secondary N) is 1. The van der Waals surface area contributed by atoms with Gasteiger partial charge in [-0.1, -0.05) is 54.0 Å². The molecule has 0 aliphatic rings. The molecule has 0 aliphatic carbocycles. The molecule has 0 unspecified atom stereocenters. The van der Waals surface area contributed by atoms with Crippen LogP contribution < -0.4 is 9.62 Å². The lowest BCUT2D eigenvalue weighted by Crippen LogP contribution is -2.48. The first-order chi connectivity index (χ1) is 16.8. The van der Waals surface area contributed by atoms with Crippen LogP contribution in [0, 0.1) is 19.8 Å². The summed E-state index contributed by atoms with van der Waals surface area (Å²) in [6.45, 7) is 10.5. The van der Waals surface area contributed by atoms with Crippen molar-refractivity contribution >= 4 is 43.5 Å². The zero-order chi connectivity index (χ0) is 27.0. The van der Waals surface area contributed by atoms with Crippen LogP contribution in [0.25, 0.3) is 0 Å². The molecule has 0 heterocycles. The van der Waals surface area contributed by atoms with E-state index in [2.05, 4.69) is 21.2 Å². The van der Waals surface area contributed by atoms with E-state index in [9.17, 15) is 18.0 Å². The van der Waals surface area contributed by atoms with Gasteiger partial charge in [0.25, 0.3) is 0 Å². The second-order valence-electron chi connectivity index (χ2n) is 9.69. The van der Waals surface area contributed by atoms with Crippen LogP contribution in [0.4, 0.5) is 5.69 Å². The predicted molar refractivity (Wildman–Crippen MR) is 149 cm³/mol. The SMILES string of the molecule is Cc1ccc(C)c(N(CCCC(=O)N(Cc2ccc(Br)cc2)[C@H](C)C(=O)NCC(C)C)S(C)(=O)=O)c1. The highest BCUT2D eigenvalue weighted by Crippen LogP contribution is 2.25. The Bertz CT molecular complexity index is 1150. The van der Waals surface area contributed by atoms with Crippen molar-refractivity contribution in [2.45, 2.75) is 60.0 Å². The van der Waals surface area contributed by atoms with E-state index >= 15 is 0 Å². The summed E-state index contributed by atoms with van der Waals surface area (Å²) in [6.07, 6.45) is 1.63. The average Bonchev–Trinajstić information content (AvgIpc) is 2.80. The molecule has 7 nitrogen and oxygen atoms in total. The van der Waals surface area contributed by atoms with Gasteiger partial charge >= 0.3 is 0 Å². The summed E-state index contributed by atoms with van der Waals surface area (Å²) in [6, 6.07) is 12.6. The van der Waals surface area contributed by atoms with Gasteiger partial charge in [-0.05, 0) is 68.0 Å². The number of carbonyl (C=O) groups excluding carboxylic acids is 2. The second-order valence-corrected chi connectivity index (χ2v) is 12.5. The summed E-state index contributed by atoms with van der Waals surface area (Å²) < 4.78 is 27.4. The number of carbonyl (C=O) groups is 2. The second kappa shape index (κ2) is 13.2. The molecule has 0 aliphatic heterocycles. The first-order valence-corrected chi connectivity index (χ1v) is 14.8. The van der Waals surface area contributed by atoms with Crippen molar-refractivity contribution in [3.8, 4) is 0 Å². The number of sulfonamides is 1. The summed E-state index contributed by atoms with van der Waals surface area (Å²) in [5.41, 5.74) is 3.34. The molecule has 36 heavy (non-hydrogen) atoms. The summed E-state index contributed by atoms with van der Waals surface area (Å²) in [7, 11) is -3.53. The zero-order valence-corrected chi connectivity index (χ0v) is 24.4. The number of benzene rings is 2. The lowest BCUT2D eigenvalue weighted by Gasteiger charge is -2.30. The van der Waals surface area contributed by atoms with Gasteiger partial charge < -0.3 is 10.2 Å². The van der Waals surface area contributed by atoms with Crippen molar-refractivity contribution in [3.05, 3.63) is 63.6 Å². The molecule has 198 valence electrons. The highest BCUT2D eigenvalue weighted by atomic mass is 79.9. The molecule has 0 bridgehead atoms. The molecule has 2 aromatic rings. The Hall–Kier alpha value is -2.39. The van der Waals surface area contributed by atoms with Crippen LogP contribution in [0.5, 0.6) is 0 Å². The quantitative estimate of drug-likeness (QED) is 0.391. The van der Waals surface area contributed by atoms with Gasteiger partial charge in [0.1, 0.15) is 6.04 Å². The minimum absolute atomic E-state index is 0.120. The molecule has 1 N–H and O–H groups in total. The summed E-state index contributed by atoms with van der Waals surface area (Å²) in [5.74, 6) is -0.106. The number of anilines is 1. The van der Waals surface area contributed by atoms with Crippen LogP contribution in [-0.2, 0) is 26.2 Å². The molecule has 0 spiro atoms. The Morgan fingerprint density at radius 3 is 2.25 bits per heavy atom. The predicted octanol–water partition coefficient (Wildman–Crippen LogP) is 4.80. The molecule has 0 saturated carbocycles. The number of halogens is 1. The molecule has 0 radical (unpaired) electrons. The van der Waals surface area contributed by atoms with Gasteiger partial charge in [0.2, 0.25) is 21.8 Å². The van der Waals surface area contributed by atoms with Crippen LogP contribution in [0.2, 0.25) is 0 Å². The number of hydrogen-bond donors (Lipinski definition) is 1. The van der Waals surface area contributed by atoms with Crippen molar-refractivity contribution < 1.29 is 18.0 Å². The van der Waals surface area contributed by atoms with Gasteiger partial charge in [0.05, 0.1) is 11.9 Å². The van der Waals surface area contributed by atoms with Crippen molar-refractivity contribution in [3.63, 3.8) is 0 Å². The highest BCUT2D eigenvalue weighted by molar-refractivity contribution is 9.10. The van der Waals surface area contributed by atoms with Crippen molar-refractivity contribution in [1.82, 2.24) is 10.2 Å². The maximum Gasteiger partial charge on any atom is 0.242 e. The Kier molecular flexibility index (Phi) is 11.0. The number of nitrogens with zero attached hydrogens (tertiary/aromatic N) is 2. The normalized spacial score (nSPS) is 12.3. The van der Waals surface area contributed by atoms with Gasteiger partial charge in [-0.25, -0.2) is 8.42 Å². The number of aryl methyl sites for hydroxylation is 2. The minimum Gasteiger partial charge on any atom is -0.354 e. The lowest BCUT2D eigenvalue weighted by molar-refractivity contribution is -0.140. The average molecular weight is 581 g/mol. The Morgan fingerprint density at radius 1 is 1.03 bits per heavy atom. The molecule has 0 aromatic heterocycles. The van der Waals surface area contributed by atoms with Crippen molar-refractivity contribution in [2.24, 2.45) is 5.92 Å². The van der Waals surface area contributed by atoms with Gasteiger partial charge in [-0.3, -0.25) is 13.9 Å². The third-order valence-corrected chi connectivity index (χ3v) is 7.61. The van der Waals surface area contributed by atoms with E-state index in [1.165, 1.54) is 10.6 Å². The number of amides is 2. The Labute approximate surface area is 224 Å². The third-order valence-electron chi connectivity index (χ3n) is 5.90. The van der Waals surface area contributed by atoms with E-state index < -0.39 is 16.1 Å². The minimum atomic E-state index is -3.53. The van der Waals surface area contributed by atoms with Gasteiger partial charge in [-0.15, -0.1) is 0 Å². The number of hydrogen-bond acceptors (Lipinski definition) is 4. The maximum atomic E-state index is 13.4. The fourth-order valence-electron chi connectivity index (χ4n) is 3.79. The molecule has 0 fully saturated rings. The topological polar surface area (TPSA) is 86.8 Å². The standard InChI is InChI=1S/C27H38BrN3O4S/c1-19(2)17-29-27(33)22(5)30(18-23-11-13-24(28)14-12-23)26(32)8-7-15-31(36(6,34)35)25-16-20(3)9-10-21(25)4/h9-14,16,19,22H,7-8,15,17-18H2,1-6H3,(H,29,33)/t22-/m1/s1. The van der Waals surface area contributed by atoms with Crippen molar-refractivity contribution in [1.29, 1.82) is 0 Å². The summed E-state index contributed by atoms with van der Waals surface area (Å²) in [4.78, 5) is 27.7. The monoisotopic (exact) mass is 579 g/mol. The van der Waals surface area contributed by atoms with Crippen LogP contribution in [-0.4, -0.2) is 50.5 Å². The van der Waals surface area contributed by atoms with E-state index in [0.717, 1.165) is 21.2 Å². The van der Waals surface area contributed by atoms with Gasteiger partial charge in [0.15, 0.2) is 0 Å². The van der Waals surface area contributed by atoms with E-state index in [-0.39, 0.29) is 31.3 Å². The molecule has 2 aromatic carbocycles. The molecular weight excluding hydrogens is 542 g/mol. The molecule has 2 amide bonds. The van der Waals surface area contributed by atoms with E-state index in [0.29, 0.717) is 24.6 Å². The van der Waals surface area contributed by atoms with E-state index in [4.69, 9.17) is 0 Å². The zero-order valence-electron chi connectivity index (χ0n) is 22.0. The van der Waals surface area contributed by atoms with Crippen LogP contribution in [0.1, 0.15) is 50.3 Å². The fraction of sp³-hybridized carbons (Fsp3) is 0.481. The maximum absolute atomic E-state index is 13.4.